The Hall–Kier alpha value is -2.51. The quantitative estimate of drug-likeness (QED) is 0.864. The van der Waals surface area contributed by atoms with Gasteiger partial charge in [-0.15, -0.1) is 0 Å². The van der Waals surface area contributed by atoms with Crippen molar-refractivity contribution in [1.82, 2.24) is 9.13 Å². The maximum Gasteiger partial charge on any atom is 0.330 e. The van der Waals surface area contributed by atoms with Crippen LogP contribution in [0.15, 0.2) is 27.8 Å². The van der Waals surface area contributed by atoms with E-state index in [-0.39, 0.29) is 17.9 Å². The van der Waals surface area contributed by atoms with Crippen LogP contribution in [0.25, 0.3) is 0 Å². The molecule has 0 aliphatic carbocycles. The van der Waals surface area contributed by atoms with Crippen LogP contribution in [0, 0.1) is 17.5 Å². The highest BCUT2D eigenvalue weighted by Gasteiger charge is 2.11. The number of rotatable bonds is 3. The van der Waals surface area contributed by atoms with Gasteiger partial charge >= 0.3 is 5.69 Å². The summed E-state index contributed by atoms with van der Waals surface area (Å²) < 4.78 is 41.4. The summed E-state index contributed by atoms with van der Waals surface area (Å²) in [6, 6.07) is 2.29. The molecule has 0 fully saturated rings. The smallest absolute Gasteiger partial charge is 0.330 e. The highest BCUT2D eigenvalue weighted by Crippen LogP contribution is 2.18. The first-order valence-electron chi connectivity index (χ1n) is 5.95. The van der Waals surface area contributed by atoms with Crippen LogP contribution in [-0.4, -0.2) is 9.13 Å². The van der Waals surface area contributed by atoms with Crippen molar-refractivity contribution >= 4 is 5.69 Å². The molecule has 0 radical (unpaired) electrons. The first kappa shape index (κ1) is 14.9. The van der Waals surface area contributed by atoms with Gasteiger partial charge < -0.3 is 5.32 Å². The number of hydrogen-bond acceptors (Lipinski definition) is 3. The Morgan fingerprint density at radius 1 is 0.952 bits per heavy atom. The normalized spacial score (nSPS) is 10.7. The van der Waals surface area contributed by atoms with Gasteiger partial charge in [-0.25, -0.2) is 18.0 Å². The molecule has 1 aromatic heterocycles. The maximum absolute atomic E-state index is 13.5. The van der Waals surface area contributed by atoms with Gasteiger partial charge in [0.2, 0.25) is 0 Å². The molecule has 0 atom stereocenters. The summed E-state index contributed by atoms with van der Waals surface area (Å²) >= 11 is 0. The molecular formula is C13H12F3N3O2. The molecule has 0 unspecified atom stereocenters. The van der Waals surface area contributed by atoms with Crippen LogP contribution >= 0.6 is 0 Å². The monoisotopic (exact) mass is 299 g/mol. The van der Waals surface area contributed by atoms with Gasteiger partial charge in [0.25, 0.3) is 5.56 Å². The van der Waals surface area contributed by atoms with Gasteiger partial charge in [-0.1, -0.05) is 0 Å². The second-order valence-corrected chi connectivity index (χ2v) is 4.47. The third-order valence-corrected chi connectivity index (χ3v) is 3.10. The molecule has 2 rings (SSSR count). The first-order valence-corrected chi connectivity index (χ1v) is 5.95. The van der Waals surface area contributed by atoms with E-state index in [2.05, 4.69) is 5.32 Å². The standard InChI is InChI=1S/C13H12F3N3O2/c1-18-7(3-12(20)19(2)13(18)21)6-17-11-5-9(15)8(14)4-10(11)16/h3-5,17H,6H2,1-2H3. The van der Waals surface area contributed by atoms with E-state index in [0.717, 1.165) is 4.57 Å². The second-order valence-electron chi connectivity index (χ2n) is 4.47. The number of halogens is 3. The zero-order valence-electron chi connectivity index (χ0n) is 11.3. The van der Waals surface area contributed by atoms with E-state index in [1.165, 1.54) is 24.7 Å². The molecule has 0 spiro atoms. The van der Waals surface area contributed by atoms with Crippen molar-refractivity contribution < 1.29 is 13.2 Å². The molecule has 2 aromatic rings. The summed E-state index contributed by atoms with van der Waals surface area (Å²) in [5.74, 6) is -3.46. The van der Waals surface area contributed by atoms with E-state index < -0.39 is 28.7 Å². The van der Waals surface area contributed by atoms with Crippen molar-refractivity contribution in [2.45, 2.75) is 6.54 Å². The van der Waals surface area contributed by atoms with E-state index in [1.807, 2.05) is 0 Å². The highest BCUT2D eigenvalue weighted by molar-refractivity contribution is 5.45. The molecule has 0 amide bonds. The van der Waals surface area contributed by atoms with Crippen LogP contribution < -0.4 is 16.6 Å². The fourth-order valence-corrected chi connectivity index (χ4v) is 1.79. The predicted octanol–water partition coefficient (Wildman–Crippen LogP) is 1.11. The molecule has 0 aliphatic heterocycles. The lowest BCUT2D eigenvalue weighted by atomic mass is 10.2. The lowest BCUT2D eigenvalue weighted by Gasteiger charge is -2.12. The summed E-state index contributed by atoms with van der Waals surface area (Å²) in [6.45, 7) is -0.0934. The topological polar surface area (TPSA) is 56.0 Å². The van der Waals surface area contributed by atoms with E-state index in [4.69, 9.17) is 0 Å². The van der Waals surface area contributed by atoms with Gasteiger partial charge in [0.15, 0.2) is 11.6 Å². The van der Waals surface area contributed by atoms with Crippen LogP contribution in [0.1, 0.15) is 5.69 Å². The Morgan fingerprint density at radius 3 is 2.24 bits per heavy atom. The molecule has 1 heterocycles. The lowest BCUT2D eigenvalue weighted by Crippen LogP contribution is -2.38. The van der Waals surface area contributed by atoms with Crippen molar-refractivity contribution in [3.63, 3.8) is 0 Å². The molecule has 0 bridgehead atoms. The fraction of sp³-hybridized carbons (Fsp3) is 0.231. The molecule has 5 nitrogen and oxygen atoms in total. The Kier molecular flexibility index (Phi) is 3.88. The average molecular weight is 299 g/mol. The van der Waals surface area contributed by atoms with Crippen LogP contribution in [0.4, 0.5) is 18.9 Å². The fourth-order valence-electron chi connectivity index (χ4n) is 1.79. The van der Waals surface area contributed by atoms with Crippen LogP contribution in [-0.2, 0) is 20.6 Å². The van der Waals surface area contributed by atoms with Gasteiger partial charge in [-0.2, -0.15) is 0 Å². The van der Waals surface area contributed by atoms with Crippen molar-refractivity contribution in [2.24, 2.45) is 14.1 Å². The number of nitrogens with zero attached hydrogens (tertiary/aromatic N) is 2. The van der Waals surface area contributed by atoms with Gasteiger partial charge in [-0.3, -0.25) is 13.9 Å². The van der Waals surface area contributed by atoms with Gasteiger partial charge in [0.1, 0.15) is 5.82 Å². The maximum atomic E-state index is 13.5. The van der Waals surface area contributed by atoms with Crippen LogP contribution in [0.2, 0.25) is 0 Å². The van der Waals surface area contributed by atoms with Gasteiger partial charge in [0.05, 0.1) is 12.2 Å². The minimum Gasteiger partial charge on any atom is -0.377 e. The molecular weight excluding hydrogens is 287 g/mol. The molecule has 0 aliphatic rings. The van der Waals surface area contributed by atoms with Crippen LogP contribution in [0.5, 0.6) is 0 Å². The van der Waals surface area contributed by atoms with E-state index in [0.29, 0.717) is 12.1 Å². The van der Waals surface area contributed by atoms with Gasteiger partial charge in [-0.05, 0) is 0 Å². The predicted molar refractivity (Wildman–Crippen MR) is 70.6 cm³/mol. The molecule has 1 N–H and O–H groups in total. The largest absolute Gasteiger partial charge is 0.377 e. The van der Waals surface area contributed by atoms with Crippen molar-refractivity contribution in [3.05, 3.63) is 62.2 Å². The number of hydrogen-bond donors (Lipinski definition) is 1. The highest BCUT2D eigenvalue weighted by atomic mass is 19.2. The molecule has 0 saturated heterocycles. The Morgan fingerprint density at radius 2 is 1.57 bits per heavy atom. The SMILES string of the molecule is Cn1c(CNc2cc(F)c(F)cc2F)cc(=O)n(C)c1=O. The summed E-state index contributed by atoms with van der Waals surface area (Å²) in [6.07, 6.45) is 0. The molecule has 0 saturated carbocycles. The number of nitrogens with one attached hydrogen (secondary N) is 1. The van der Waals surface area contributed by atoms with Crippen LogP contribution in [0.3, 0.4) is 0 Å². The zero-order chi connectivity index (χ0) is 15.7. The van der Waals surface area contributed by atoms with E-state index >= 15 is 0 Å². The third kappa shape index (κ3) is 2.83. The summed E-state index contributed by atoms with van der Waals surface area (Å²) in [5, 5.41) is 2.52. The minimum atomic E-state index is -1.29. The average Bonchev–Trinajstić information content (AvgIpc) is 2.44. The summed E-state index contributed by atoms with van der Waals surface area (Å²) in [5.41, 5.74) is -1.03. The number of aromatic nitrogens is 2. The third-order valence-electron chi connectivity index (χ3n) is 3.10. The summed E-state index contributed by atoms with van der Waals surface area (Å²) in [4.78, 5) is 23.2. The Bertz CT molecular complexity index is 812. The molecule has 8 heteroatoms. The molecule has 1 aromatic carbocycles. The van der Waals surface area contributed by atoms with Crippen molar-refractivity contribution in [2.75, 3.05) is 5.32 Å². The summed E-state index contributed by atoms with van der Waals surface area (Å²) in [7, 11) is 2.78. The second kappa shape index (κ2) is 5.47. The van der Waals surface area contributed by atoms with E-state index in [9.17, 15) is 22.8 Å². The lowest BCUT2D eigenvalue weighted by molar-refractivity contribution is 0.496. The first-order chi connectivity index (χ1) is 9.81. The van der Waals surface area contributed by atoms with E-state index in [1.54, 1.807) is 0 Å². The zero-order valence-corrected chi connectivity index (χ0v) is 11.3. The number of benzene rings is 1. The van der Waals surface area contributed by atoms with Crippen molar-refractivity contribution in [1.29, 1.82) is 0 Å². The number of anilines is 1. The van der Waals surface area contributed by atoms with Crippen molar-refractivity contribution in [3.8, 4) is 0 Å². The minimum absolute atomic E-state index is 0.0934. The Balaban J connectivity index is 2.31. The Labute approximate surface area is 117 Å². The molecule has 112 valence electrons. The van der Waals surface area contributed by atoms with Gasteiger partial charge in [0, 0.05) is 38.0 Å². The molecule has 21 heavy (non-hydrogen) atoms.